The normalized spacial score (nSPS) is 20.3. The number of carboxylic acid groups (broad SMARTS) is 7. The smallest absolute Gasteiger partial charge is 0.550 e. The molecule has 21 heteroatoms. The summed E-state index contributed by atoms with van der Waals surface area (Å²) in [6, 6.07) is 0. The predicted molar refractivity (Wildman–Crippen MR) is 50.4 cm³/mol. The van der Waals surface area contributed by atoms with Gasteiger partial charge in [0, 0.05) is 35.7 Å². The molecule has 0 radical (unpaired) electrons. The van der Waals surface area contributed by atoms with Gasteiger partial charge in [-0.15, -0.1) is 0 Å². The van der Waals surface area contributed by atoms with E-state index < -0.39 is 70.4 Å². The van der Waals surface area contributed by atoms with Crippen LogP contribution < -0.4 is 243 Å². The first kappa shape index (κ1) is 52.7. The molecule has 0 aromatic heterocycles. The molecule has 14 nitrogen and oxygen atoms in total. The molecule has 0 amide bonds. The second-order valence-electron chi connectivity index (χ2n) is 5.23. The molecule has 1 saturated carbocycles. The molecule has 0 aliphatic heterocycles. The minimum atomic E-state index is -4.55. The molecule has 1 aliphatic rings. The van der Waals surface area contributed by atoms with E-state index in [2.05, 4.69) is 0 Å². The van der Waals surface area contributed by atoms with Crippen molar-refractivity contribution in [2.45, 2.75) is 0 Å². The van der Waals surface area contributed by atoms with Gasteiger partial charge in [0.1, 0.15) is 0 Å². The molecule has 0 heterocycles. The van der Waals surface area contributed by atoms with Crippen LogP contribution in [0.25, 0.3) is 0 Å². The maximum atomic E-state index is 11.3. The van der Waals surface area contributed by atoms with Crippen LogP contribution in [0.2, 0.25) is 0 Å². The van der Waals surface area contributed by atoms with Crippen molar-refractivity contribution in [2.75, 3.05) is 0 Å². The summed E-state index contributed by atoms with van der Waals surface area (Å²) in [6.45, 7) is 0. The van der Waals surface area contributed by atoms with E-state index in [1.165, 1.54) is 0 Å². The van der Waals surface area contributed by atoms with E-state index in [-0.39, 0.29) is 207 Å². The number of hydrogen-bond donors (Lipinski definition) is 0. The summed E-state index contributed by atoms with van der Waals surface area (Å²) in [7, 11) is 0. The quantitative estimate of drug-likeness (QED) is 0.217. The molecule has 1 rings (SSSR count). The van der Waals surface area contributed by atoms with Gasteiger partial charge in [-0.05, 0) is 0 Å². The van der Waals surface area contributed by atoms with Crippen LogP contribution >= 0.6 is 0 Å². The molecule has 1 aliphatic carbocycles. The summed E-state index contributed by atoms with van der Waals surface area (Å²) in [4.78, 5) is 79.1. The van der Waals surface area contributed by atoms with Crippen LogP contribution in [0.4, 0.5) is 0 Å². The SMILES string of the molecule is O=C([O-])C1C(C(=O)[O-])C(C(=O)[O-])(C(=O)[O-])C(C(=O)[O-])C1(C(=O)[O-])C(=O)[O-].[Na+].[Na+].[Na+].[Na+].[Na+].[Na+].[Na+]. The zero-order valence-corrected chi connectivity index (χ0v) is 32.9. The van der Waals surface area contributed by atoms with Crippen molar-refractivity contribution >= 4 is 41.8 Å². The van der Waals surface area contributed by atoms with E-state index in [4.69, 9.17) is 0 Å². The molecule has 33 heavy (non-hydrogen) atoms. The molecule has 0 bridgehead atoms. The first-order chi connectivity index (χ1) is 11.7. The second-order valence-corrected chi connectivity index (χ2v) is 5.23. The summed E-state index contributed by atoms with van der Waals surface area (Å²) in [6.07, 6.45) is 0. The minimum absolute atomic E-state index is 0. The Morgan fingerprint density at radius 1 is 0.394 bits per heavy atom. The third-order valence-corrected chi connectivity index (χ3v) is 4.32. The van der Waals surface area contributed by atoms with Gasteiger partial charge in [0.05, 0.1) is 34.7 Å². The molecular weight excluding hydrogens is 529 g/mol. The monoisotopic (exact) mass is 532 g/mol. The van der Waals surface area contributed by atoms with E-state index in [1.807, 2.05) is 0 Å². The minimum Gasteiger partial charge on any atom is -0.550 e. The van der Waals surface area contributed by atoms with Gasteiger partial charge in [-0.25, -0.2) is 0 Å². The fourth-order valence-corrected chi connectivity index (χ4v) is 3.41. The van der Waals surface area contributed by atoms with Crippen LogP contribution in [-0.2, 0) is 33.6 Å². The maximum absolute atomic E-state index is 11.3. The van der Waals surface area contributed by atoms with Gasteiger partial charge in [0.2, 0.25) is 0 Å². The van der Waals surface area contributed by atoms with Gasteiger partial charge < -0.3 is 69.3 Å². The van der Waals surface area contributed by atoms with E-state index >= 15 is 0 Å². The second kappa shape index (κ2) is 20.2. The number of carboxylic acids is 7. The molecular formula is C12H3Na7O14. The van der Waals surface area contributed by atoms with Gasteiger partial charge in [0.25, 0.3) is 0 Å². The van der Waals surface area contributed by atoms with Crippen LogP contribution in [0.1, 0.15) is 0 Å². The first-order valence-electron chi connectivity index (χ1n) is 6.21. The van der Waals surface area contributed by atoms with Crippen LogP contribution in [0.5, 0.6) is 0 Å². The summed E-state index contributed by atoms with van der Waals surface area (Å²) in [5.41, 5.74) is -9.11. The van der Waals surface area contributed by atoms with E-state index in [1.54, 1.807) is 0 Å². The standard InChI is InChI=1S/C12H10O14.7Na/c13-4(14)1-2(5(15)16)12(9(23)24,10(25)26)3(6(17)18)11(1,7(19)20)8(21)22;;;;;;;/h1-3H,(H,13,14)(H,15,16)(H,17,18)(H,19,20)(H,21,22)(H,23,24)(H,25,26);;;;;;;/q;7*+1/p-7. The number of rotatable bonds is 7. The van der Waals surface area contributed by atoms with Crippen molar-refractivity contribution in [1.29, 1.82) is 0 Å². The fraction of sp³-hybridized carbons (Fsp3) is 0.417. The first-order valence-corrected chi connectivity index (χ1v) is 6.21. The number of hydrogen-bond acceptors (Lipinski definition) is 14. The zero-order chi connectivity index (χ0) is 20.8. The number of aliphatic carboxylic acids is 7. The van der Waals surface area contributed by atoms with Crippen LogP contribution in [0.15, 0.2) is 0 Å². The fourth-order valence-electron chi connectivity index (χ4n) is 3.41. The van der Waals surface area contributed by atoms with Crippen molar-refractivity contribution in [3.05, 3.63) is 0 Å². The van der Waals surface area contributed by atoms with E-state index in [0.717, 1.165) is 0 Å². The van der Waals surface area contributed by atoms with Crippen LogP contribution in [0, 0.1) is 28.6 Å². The third-order valence-electron chi connectivity index (χ3n) is 4.32. The Kier molecular flexibility index (Phi) is 32.3. The van der Waals surface area contributed by atoms with Gasteiger partial charge in [-0.2, -0.15) is 0 Å². The molecule has 2 atom stereocenters. The number of carbonyl (C=O) groups excluding carboxylic acids is 7. The molecule has 0 spiro atoms. The largest absolute Gasteiger partial charge is 1.00 e. The maximum Gasteiger partial charge on any atom is 1.00 e. The van der Waals surface area contributed by atoms with Crippen molar-refractivity contribution < 1.29 is 276 Å². The van der Waals surface area contributed by atoms with Crippen LogP contribution in [0.3, 0.4) is 0 Å². The van der Waals surface area contributed by atoms with Gasteiger partial charge in [-0.3, -0.25) is 0 Å². The molecule has 2 unspecified atom stereocenters. The Balaban J connectivity index is -0.000000193. The third kappa shape index (κ3) is 8.64. The Bertz CT molecular complexity index is 688. The Hall–Kier alpha value is 3.29. The molecule has 0 aromatic carbocycles. The van der Waals surface area contributed by atoms with Crippen molar-refractivity contribution in [3.8, 4) is 0 Å². The van der Waals surface area contributed by atoms with E-state index in [0.29, 0.717) is 0 Å². The van der Waals surface area contributed by atoms with Crippen molar-refractivity contribution in [3.63, 3.8) is 0 Å². The van der Waals surface area contributed by atoms with Gasteiger partial charge in [-0.1, -0.05) is 0 Å². The topological polar surface area (TPSA) is 281 Å². The van der Waals surface area contributed by atoms with Gasteiger partial charge in [0.15, 0.2) is 0 Å². The molecule has 1 fully saturated rings. The zero-order valence-electron chi connectivity index (χ0n) is 18.9. The molecule has 0 N–H and O–H groups in total. The van der Waals surface area contributed by atoms with E-state index in [9.17, 15) is 69.3 Å². The molecule has 142 valence electrons. The Morgan fingerprint density at radius 2 is 0.576 bits per heavy atom. The average molecular weight is 532 g/mol. The summed E-state index contributed by atoms with van der Waals surface area (Å²) in [5, 5.41) is 79.1. The summed E-state index contributed by atoms with van der Waals surface area (Å²) < 4.78 is 0. The van der Waals surface area contributed by atoms with Gasteiger partial charge >= 0.3 is 207 Å². The Labute approximate surface area is 339 Å². The summed E-state index contributed by atoms with van der Waals surface area (Å²) in [5.74, 6) is -32.9. The van der Waals surface area contributed by atoms with Crippen molar-refractivity contribution in [2.24, 2.45) is 28.6 Å². The van der Waals surface area contributed by atoms with Crippen LogP contribution in [-0.4, -0.2) is 41.8 Å². The molecule has 0 saturated heterocycles. The molecule has 0 aromatic rings. The average Bonchev–Trinajstić information content (AvgIpc) is 2.77. The Morgan fingerprint density at radius 3 is 0.667 bits per heavy atom. The number of carbonyl (C=O) groups is 7. The predicted octanol–water partition coefficient (Wildman–Crippen LogP) is -32.9. The summed E-state index contributed by atoms with van der Waals surface area (Å²) >= 11 is 0. The van der Waals surface area contributed by atoms with Crippen molar-refractivity contribution in [1.82, 2.24) is 0 Å².